The molecule has 1 N–H and O–H groups in total. The van der Waals surface area contributed by atoms with Crippen LogP contribution in [0.1, 0.15) is 59.3 Å². The monoisotopic (exact) mass is 574 g/mol. The van der Waals surface area contributed by atoms with Gasteiger partial charge in [-0.2, -0.15) is 0 Å². The second kappa shape index (κ2) is 10.4. The highest BCUT2D eigenvalue weighted by Gasteiger charge is 2.33. The Kier molecular flexibility index (Phi) is 7.24. The second-order valence-electron chi connectivity index (χ2n) is 10.8. The summed E-state index contributed by atoms with van der Waals surface area (Å²) in [4.78, 5) is 19.6. The van der Waals surface area contributed by atoms with Crippen LogP contribution in [0.25, 0.3) is 11.3 Å². The lowest BCUT2D eigenvalue weighted by Crippen LogP contribution is -2.27. The molecular weight excluding hydrogens is 544 g/mol. The number of halogens is 1. The molecule has 1 amide bonds. The molecule has 0 aliphatic heterocycles. The molecule has 0 spiro atoms. The van der Waals surface area contributed by atoms with Crippen LogP contribution < -0.4 is 5.32 Å². The molecule has 1 aliphatic rings. The summed E-state index contributed by atoms with van der Waals surface area (Å²) in [5, 5.41) is 3.81. The van der Waals surface area contributed by atoms with E-state index >= 15 is 0 Å². The average molecular weight is 576 g/mol. The van der Waals surface area contributed by atoms with Gasteiger partial charge in [0, 0.05) is 20.6 Å². The number of hydrogen-bond donors (Lipinski definition) is 1. The molecule has 4 aromatic rings. The highest BCUT2D eigenvalue weighted by Crippen LogP contribution is 2.45. The maximum absolute atomic E-state index is 13.5. The molecule has 4 nitrogen and oxygen atoms in total. The molecule has 37 heavy (non-hydrogen) atoms. The van der Waals surface area contributed by atoms with E-state index in [0.717, 1.165) is 51.3 Å². The van der Waals surface area contributed by atoms with E-state index in [1.165, 1.54) is 10.4 Å². The third kappa shape index (κ3) is 5.65. The van der Waals surface area contributed by atoms with Gasteiger partial charge in [-0.3, -0.25) is 4.79 Å². The van der Waals surface area contributed by atoms with E-state index in [1.54, 1.807) is 17.6 Å². The van der Waals surface area contributed by atoms with Crippen LogP contribution in [0.15, 0.2) is 74.5 Å². The third-order valence-electron chi connectivity index (χ3n) is 7.06. The van der Waals surface area contributed by atoms with Crippen molar-refractivity contribution >= 4 is 50.1 Å². The first-order valence-corrected chi connectivity index (χ1v) is 14.2. The number of furan rings is 1. The smallest absolute Gasteiger partial charge is 0.259 e. The first-order valence-electron chi connectivity index (χ1n) is 12.6. The van der Waals surface area contributed by atoms with Gasteiger partial charge >= 0.3 is 0 Å². The number of rotatable bonds is 5. The average Bonchev–Trinajstić information content (AvgIpc) is 3.46. The molecular formula is C31H31BrN2O2S. The molecule has 6 heteroatoms. The Hall–Kier alpha value is -2.96. The Bertz CT molecular complexity index is 1460. The van der Waals surface area contributed by atoms with Crippen LogP contribution in [-0.2, 0) is 12.8 Å². The van der Waals surface area contributed by atoms with E-state index in [2.05, 4.69) is 61.1 Å². The van der Waals surface area contributed by atoms with Gasteiger partial charge in [0.05, 0.1) is 11.8 Å². The number of aliphatic imine (C=N–C) groups is 1. The zero-order chi connectivity index (χ0) is 26.2. The minimum atomic E-state index is -0.103. The number of nitrogens with zero attached hydrogens (tertiary/aromatic N) is 1. The Morgan fingerprint density at radius 3 is 2.65 bits per heavy atom. The number of thiophene rings is 1. The van der Waals surface area contributed by atoms with Gasteiger partial charge in [-0.05, 0) is 85.0 Å². The van der Waals surface area contributed by atoms with Crippen molar-refractivity contribution in [1.29, 1.82) is 0 Å². The largest absolute Gasteiger partial charge is 0.455 e. The number of carbonyl (C=O) groups is 1. The highest BCUT2D eigenvalue weighted by atomic mass is 79.9. The summed E-state index contributed by atoms with van der Waals surface area (Å²) >= 11 is 5.28. The van der Waals surface area contributed by atoms with Crippen LogP contribution in [0.2, 0.25) is 0 Å². The van der Waals surface area contributed by atoms with Crippen molar-refractivity contribution in [3.05, 3.63) is 92.5 Å². The van der Waals surface area contributed by atoms with E-state index in [-0.39, 0.29) is 11.3 Å². The number of anilines is 1. The topological polar surface area (TPSA) is 54.6 Å². The minimum Gasteiger partial charge on any atom is -0.455 e. The van der Waals surface area contributed by atoms with Crippen molar-refractivity contribution in [2.45, 2.75) is 47.0 Å². The summed E-state index contributed by atoms with van der Waals surface area (Å²) in [5.41, 5.74) is 5.03. The third-order valence-corrected chi connectivity index (χ3v) is 8.87. The molecule has 0 saturated heterocycles. The summed E-state index contributed by atoms with van der Waals surface area (Å²) in [6, 6.07) is 19.6. The van der Waals surface area contributed by atoms with Gasteiger partial charge in [0.15, 0.2) is 0 Å². The van der Waals surface area contributed by atoms with Gasteiger partial charge in [-0.15, -0.1) is 11.3 Å². The molecule has 1 atom stereocenters. The lowest BCUT2D eigenvalue weighted by atomic mass is 9.72. The number of aryl methyl sites for hydroxylation is 1. The standard InChI is InChI=1S/C31H31BrN2O2S/c1-19-10-13-23(25(32)16-19)26-15-12-22(36-26)18-33-30-28(29(35)34-21-8-6-5-7-9-21)24-14-11-20(31(2,3)4)17-27(24)37-30/h5-10,12-13,15-16,18,20H,11,14,17H2,1-4H3,(H,34,35)/t20-/m0/s1. The Morgan fingerprint density at radius 2 is 1.92 bits per heavy atom. The highest BCUT2D eigenvalue weighted by molar-refractivity contribution is 9.10. The molecule has 2 aromatic heterocycles. The summed E-state index contributed by atoms with van der Waals surface area (Å²) in [6.45, 7) is 8.97. The molecule has 0 radical (unpaired) electrons. The SMILES string of the molecule is Cc1ccc(-c2ccc(C=Nc3sc4c(c3C(=O)Nc3ccccc3)CC[C@H](C(C)(C)C)C4)o2)c(Br)c1. The minimum absolute atomic E-state index is 0.103. The summed E-state index contributed by atoms with van der Waals surface area (Å²) in [5.74, 6) is 1.90. The first kappa shape index (κ1) is 25.7. The van der Waals surface area contributed by atoms with Crippen molar-refractivity contribution in [3.8, 4) is 11.3 Å². The zero-order valence-corrected chi connectivity index (χ0v) is 24.0. The van der Waals surface area contributed by atoms with Crippen LogP contribution in [0.4, 0.5) is 10.7 Å². The molecule has 0 saturated carbocycles. The van der Waals surface area contributed by atoms with Gasteiger partial charge in [-0.25, -0.2) is 4.99 Å². The quantitative estimate of drug-likeness (QED) is 0.241. The van der Waals surface area contributed by atoms with Crippen molar-refractivity contribution in [2.75, 3.05) is 5.32 Å². The number of benzene rings is 2. The van der Waals surface area contributed by atoms with Crippen LogP contribution >= 0.6 is 27.3 Å². The summed E-state index contributed by atoms with van der Waals surface area (Å²) < 4.78 is 7.09. The number of amides is 1. The van der Waals surface area contributed by atoms with Crippen LogP contribution in [0.3, 0.4) is 0 Å². The van der Waals surface area contributed by atoms with Gasteiger partial charge in [0.25, 0.3) is 5.91 Å². The Balaban J connectivity index is 1.47. The number of hydrogen-bond acceptors (Lipinski definition) is 4. The Labute approximate surface area is 231 Å². The van der Waals surface area contributed by atoms with Crippen molar-refractivity contribution < 1.29 is 9.21 Å². The lowest BCUT2D eigenvalue weighted by Gasteiger charge is -2.33. The Morgan fingerprint density at radius 1 is 1.14 bits per heavy atom. The van der Waals surface area contributed by atoms with Crippen molar-refractivity contribution in [3.63, 3.8) is 0 Å². The van der Waals surface area contributed by atoms with Gasteiger partial charge < -0.3 is 9.73 Å². The second-order valence-corrected chi connectivity index (χ2v) is 12.7. The number of carbonyl (C=O) groups excluding carboxylic acids is 1. The predicted molar refractivity (Wildman–Crippen MR) is 158 cm³/mol. The maximum Gasteiger partial charge on any atom is 0.259 e. The van der Waals surface area contributed by atoms with Crippen LogP contribution in [0, 0.1) is 18.3 Å². The molecule has 1 aliphatic carbocycles. The summed E-state index contributed by atoms with van der Waals surface area (Å²) in [7, 11) is 0. The first-order chi connectivity index (χ1) is 17.7. The van der Waals surface area contributed by atoms with Gasteiger partial charge in [0.1, 0.15) is 16.5 Å². The maximum atomic E-state index is 13.5. The predicted octanol–water partition coefficient (Wildman–Crippen LogP) is 9.23. The van der Waals surface area contributed by atoms with Crippen LogP contribution in [0.5, 0.6) is 0 Å². The molecule has 0 unspecified atom stereocenters. The fourth-order valence-electron chi connectivity index (χ4n) is 4.86. The molecule has 0 fully saturated rings. The lowest BCUT2D eigenvalue weighted by molar-refractivity contribution is 0.102. The number of para-hydroxylation sites is 1. The van der Waals surface area contributed by atoms with E-state index < -0.39 is 0 Å². The fourth-order valence-corrected chi connectivity index (χ4v) is 6.82. The summed E-state index contributed by atoms with van der Waals surface area (Å²) in [6.07, 6.45) is 4.68. The van der Waals surface area contributed by atoms with E-state index in [4.69, 9.17) is 9.41 Å². The van der Waals surface area contributed by atoms with Crippen LogP contribution in [-0.4, -0.2) is 12.1 Å². The van der Waals surface area contributed by atoms with Crippen molar-refractivity contribution in [2.24, 2.45) is 16.3 Å². The molecule has 190 valence electrons. The molecule has 0 bridgehead atoms. The number of fused-ring (bicyclic) bond motifs is 1. The van der Waals surface area contributed by atoms with Crippen molar-refractivity contribution in [1.82, 2.24) is 0 Å². The molecule has 5 rings (SSSR count). The van der Waals surface area contributed by atoms with E-state index in [9.17, 15) is 4.79 Å². The van der Waals surface area contributed by atoms with Gasteiger partial charge in [0.2, 0.25) is 0 Å². The fraction of sp³-hybridized carbons (Fsp3) is 0.290. The van der Waals surface area contributed by atoms with E-state index in [1.807, 2.05) is 48.5 Å². The normalized spacial score (nSPS) is 15.6. The molecule has 2 heterocycles. The number of nitrogens with one attached hydrogen (secondary N) is 1. The zero-order valence-electron chi connectivity index (χ0n) is 21.6. The molecule has 2 aromatic carbocycles. The van der Waals surface area contributed by atoms with E-state index in [0.29, 0.717) is 17.2 Å². The van der Waals surface area contributed by atoms with Gasteiger partial charge in [-0.1, -0.05) is 61.0 Å².